The second-order valence-electron chi connectivity index (χ2n) is 8.24. The molecule has 0 atom stereocenters. The average Bonchev–Trinajstić information content (AvgIpc) is 3.24. The van der Waals surface area contributed by atoms with Crippen molar-refractivity contribution in [3.63, 3.8) is 0 Å². The number of unbranched alkanes of at least 4 members (excludes halogenated alkanes) is 2. The van der Waals surface area contributed by atoms with Gasteiger partial charge >= 0.3 is 0 Å². The van der Waals surface area contributed by atoms with Gasteiger partial charge in [0.2, 0.25) is 0 Å². The number of hydrogen-bond donors (Lipinski definition) is 1. The molecule has 1 aromatic heterocycles. The fraction of sp³-hybridized carbons (Fsp3) is 0.241. The minimum Gasteiger partial charge on any atom is -0.497 e. The fourth-order valence-corrected chi connectivity index (χ4v) is 4.03. The molecule has 5 nitrogen and oxygen atoms in total. The highest BCUT2D eigenvalue weighted by Crippen LogP contribution is 2.18. The van der Waals surface area contributed by atoms with Crippen molar-refractivity contribution in [1.82, 2.24) is 14.9 Å². The van der Waals surface area contributed by atoms with E-state index in [1.165, 1.54) is 11.1 Å². The summed E-state index contributed by atoms with van der Waals surface area (Å²) in [6, 6.07) is 25.9. The highest BCUT2D eigenvalue weighted by molar-refractivity contribution is 5.94. The maximum Gasteiger partial charge on any atom is 0.251 e. The lowest BCUT2D eigenvalue weighted by Gasteiger charge is -2.08. The van der Waals surface area contributed by atoms with Crippen molar-refractivity contribution in [2.45, 2.75) is 32.2 Å². The first-order valence-corrected chi connectivity index (χ1v) is 11.8. The first-order valence-electron chi connectivity index (χ1n) is 11.8. The molecule has 3 aromatic carbocycles. The number of para-hydroxylation sites is 2. The molecule has 0 saturated carbocycles. The summed E-state index contributed by atoms with van der Waals surface area (Å²) in [6.45, 7) is 1.45. The van der Waals surface area contributed by atoms with Gasteiger partial charge in [0.05, 0.1) is 18.1 Å². The van der Waals surface area contributed by atoms with E-state index in [4.69, 9.17) is 9.72 Å². The number of rotatable bonds is 11. The van der Waals surface area contributed by atoms with Gasteiger partial charge < -0.3 is 14.6 Å². The van der Waals surface area contributed by atoms with Crippen LogP contribution >= 0.6 is 0 Å². The van der Waals surface area contributed by atoms with E-state index in [2.05, 4.69) is 64.5 Å². The number of amides is 1. The van der Waals surface area contributed by atoms with Crippen molar-refractivity contribution in [2.24, 2.45) is 0 Å². The first-order chi connectivity index (χ1) is 16.7. The smallest absolute Gasteiger partial charge is 0.251 e. The molecule has 1 N–H and O–H groups in total. The number of carbonyl (C=O) groups excluding carboxylic acids is 1. The van der Waals surface area contributed by atoms with Crippen molar-refractivity contribution in [2.75, 3.05) is 13.7 Å². The van der Waals surface area contributed by atoms with Crippen LogP contribution in [0.2, 0.25) is 0 Å². The Morgan fingerprint density at radius 1 is 0.971 bits per heavy atom. The second kappa shape index (κ2) is 11.8. The van der Waals surface area contributed by atoms with Crippen LogP contribution in [0.3, 0.4) is 0 Å². The number of allylic oxidation sites excluding steroid dienone is 1. The standard InChI is InChI=1S/C29H31N3O2/c1-34-25-16-10-15-24(22-25)29(33)30-20-9-3-6-19-28-31-26-17-7-8-18-27(26)32(28)21-11-14-23-12-4-2-5-13-23/h2,4-5,7-8,10-18,22H,3,6,9,19-21H2,1H3,(H,30,33)/b14-11+. The van der Waals surface area contributed by atoms with Crippen molar-refractivity contribution >= 4 is 23.0 Å². The van der Waals surface area contributed by atoms with Gasteiger partial charge in [-0.05, 0) is 48.7 Å². The molecular weight excluding hydrogens is 422 g/mol. The van der Waals surface area contributed by atoms with Crippen molar-refractivity contribution < 1.29 is 9.53 Å². The number of aromatic nitrogens is 2. The van der Waals surface area contributed by atoms with Crippen LogP contribution in [0.4, 0.5) is 0 Å². The summed E-state index contributed by atoms with van der Waals surface area (Å²) in [6.07, 6.45) is 8.26. The number of hydrogen-bond acceptors (Lipinski definition) is 3. The fourth-order valence-electron chi connectivity index (χ4n) is 4.03. The van der Waals surface area contributed by atoms with E-state index in [9.17, 15) is 4.79 Å². The normalized spacial score (nSPS) is 11.2. The molecule has 4 rings (SSSR count). The molecule has 4 aromatic rings. The number of imidazole rings is 1. The van der Waals surface area contributed by atoms with Gasteiger partial charge in [0, 0.05) is 25.1 Å². The van der Waals surface area contributed by atoms with Gasteiger partial charge in [-0.2, -0.15) is 0 Å². The number of ether oxygens (including phenoxy) is 1. The van der Waals surface area contributed by atoms with Gasteiger partial charge in [-0.3, -0.25) is 4.79 Å². The largest absolute Gasteiger partial charge is 0.497 e. The quantitative estimate of drug-likeness (QED) is 0.288. The molecule has 0 unspecified atom stereocenters. The summed E-state index contributed by atoms with van der Waals surface area (Å²) in [5, 5.41) is 3.00. The van der Waals surface area contributed by atoms with Crippen LogP contribution in [0.25, 0.3) is 17.1 Å². The van der Waals surface area contributed by atoms with Gasteiger partial charge in [-0.1, -0.05) is 67.1 Å². The average molecular weight is 454 g/mol. The molecule has 0 fully saturated rings. The molecule has 174 valence electrons. The Balaban J connectivity index is 1.28. The number of nitrogens with zero attached hydrogens (tertiary/aromatic N) is 2. The van der Waals surface area contributed by atoms with Gasteiger partial charge in [0.1, 0.15) is 11.6 Å². The Morgan fingerprint density at radius 3 is 2.65 bits per heavy atom. The van der Waals surface area contributed by atoms with E-state index in [0.717, 1.165) is 43.6 Å². The Morgan fingerprint density at radius 2 is 1.79 bits per heavy atom. The van der Waals surface area contributed by atoms with E-state index in [0.29, 0.717) is 17.9 Å². The predicted molar refractivity (Wildman–Crippen MR) is 138 cm³/mol. The molecule has 0 radical (unpaired) electrons. The minimum absolute atomic E-state index is 0.0640. The molecule has 34 heavy (non-hydrogen) atoms. The molecule has 0 bridgehead atoms. The zero-order valence-electron chi connectivity index (χ0n) is 19.6. The lowest BCUT2D eigenvalue weighted by atomic mass is 10.1. The van der Waals surface area contributed by atoms with Crippen LogP contribution in [0.5, 0.6) is 5.75 Å². The third-order valence-corrected chi connectivity index (χ3v) is 5.83. The predicted octanol–water partition coefficient (Wildman–Crippen LogP) is 5.90. The molecule has 0 aliphatic heterocycles. The highest BCUT2D eigenvalue weighted by Gasteiger charge is 2.09. The third-order valence-electron chi connectivity index (χ3n) is 5.83. The Labute approximate surface area is 201 Å². The SMILES string of the molecule is COc1cccc(C(=O)NCCCCCc2nc3ccccc3n2C/C=C/c2ccccc2)c1. The molecule has 1 heterocycles. The third kappa shape index (κ3) is 6.13. The summed E-state index contributed by atoms with van der Waals surface area (Å²) in [7, 11) is 1.60. The van der Waals surface area contributed by atoms with Crippen LogP contribution < -0.4 is 10.1 Å². The van der Waals surface area contributed by atoms with E-state index < -0.39 is 0 Å². The minimum atomic E-state index is -0.0640. The number of fused-ring (bicyclic) bond motifs is 1. The summed E-state index contributed by atoms with van der Waals surface area (Å²) in [4.78, 5) is 17.2. The summed E-state index contributed by atoms with van der Waals surface area (Å²) >= 11 is 0. The van der Waals surface area contributed by atoms with Crippen LogP contribution in [-0.4, -0.2) is 29.1 Å². The van der Waals surface area contributed by atoms with Crippen LogP contribution in [0.15, 0.2) is 84.9 Å². The number of nitrogens with one attached hydrogen (secondary N) is 1. The summed E-state index contributed by atoms with van der Waals surface area (Å²) < 4.78 is 7.50. The lowest BCUT2D eigenvalue weighted by molar-refractivity contribution is 0.0952. The number of carbonyl (C=O) groups is 1. The van der Waals surface area contributed by atoms with E-state index >= 15 is 0 Å². The lowest BCUT2D eigenvalue weighted by Crippen LogP contribution is -2.24. The molecular formula is C29H31N3O2. The highest BCUT2D eigenvalue weighted by atomic mass is 16.5. The molecule has 0 aliphatic carbocycles. The summed E-state index contributed by atoms with van der Waals surface area (Å²) in [5.74, 6) is 1.74. The molecule has 1 amide bonds. The van der Waals surface area contributed by atoms with Crippen molar-refractivity contribution in [1.29, 1.82) is 0 Å². The van der Waals surface area contributed by atoms with Crippen LogP contribution in [0.1, 0.15) is 41.0 Å². The number of aryl methyl sites for hydroxylation is 1. The van der Waals surface area contributed by atoms with Crippen LogP contribution in [0, 0.1) is 0 Å². The maximum absolute atomic E-state index is 12.3. The van der Waals surface area contributed by atoms with E-state index in [1.807, 2.05) is 24.3 Å². The van der Waals surface area contributed by atoms with Crippen molar-refractivity contribution in [3.05, 3.63) is 102 Å². The van der Waals surface area contributed by atoms with Crippen molar-refractivity contribution in [3.8, 4) is 5.75 Å². The van der Waals surface area contributed by atoms with Gasteiger partial charge in [-0.25, -0.2) is 4.98 Å². The molecule has 0 spiro atoms. The zero-order chi connectivity index (χ0) is 23.6. The number of benzene rings is 3. The molecule has 0 aliphatic rings. The van der Waals surface area contributed by atoms with E-state index in [-0.39, 0.29) is 5.91 Å². The molecule has 5 heteroatoms. The van der Waals surface area contributed by atoms with Crippen LogP contribution in [-0.2, 0) is 13.0 Å². The topological polar surface area (TPSA) is 56.1 Å². The van der Waals surface area contributed by atoms with E-state index in [1.54, 1.807) is 19.2 Å². The van der Waals surface area contributed by atoms with Gasteiger partial charge in [0.15, 0.2) is 0 Å². The Bertz CT molecular complexity index is 1240. The number of methoxy groups -OCH3 is 1. The second-order valence-corrected chi connectivity index (χ2v) is 8.24. The van der Waals surface area contributed by atoms with Gasteiger partial charge in [0.25, 0.3) is 5.91 Å². The Hall–Kier alpha value is -3.86. The first kappa shape index (κ1) is 23.3. The maximum atomic E-state index is 12.3. The monoisotopic (exact) mass is 453 g/mol. The Kier molecular flexibility index (Phi) is 8.12. The summed E-state index contributed by atoms with van der Waals surface area (Å²) in [5.41, 5.74) is 4.03. The molecule has 0 saturated heterocycles. The van der Waals surface area contributed by atoms with Gasteiger partial charge in [-0.15, -0.1) is 0 Å². The zero-order valence-corrected chi connectivity index (χ0v) is 19.6.